The predicted molar refractivity (Wildman–Crippen MR) is 97.6 cm³/mol. The Kier molecular flexibility index (Phi) is 4.02. The fourth-order valence-corrected chi connectivity index (χ4v) is 2.55. The molecule has 0 amide bonds. The Balaban J connectivity index is 2.10. The molecule has 0 aliphatic carbocycles. The summed E-state index contributed by atoms with van der Waals surface area (Å²) < 4.78 is 1.05. The lowest BCUT2D eigenvalue weighted by atomic mass is 10.2. The Morgan fingerprint density at radius 1 is 0.545 bits per heavy atom. The van der Waals surface area contributed by atoms with Crippen molar-refractivity contribution in [3.63, 3.8) is 0 Å². The molecule has 0 aromatic heterocycles. The van der Waals surface area contributed by atoms with Gasteiger partial charge in [0, 0.05) is 32.9 Å². The van der Waals surface area contributed by atoms with E-state index in [1.165, 1.54) is 0 Å². The minimum atomic E-state index is 0.747. The second-order valence-electron chi connectivity index (χ2n) is 4.99. The van der Waals surface area contributed by atoms with Crippen LogP contribution in [0.2, 0.25) is 0 Å². The van der Waals surface area contributed by atoms with Gasteiger partial charge in [0.15, 0.2) is 0 Å². The molecule has 0 atom stereocenters. The van der Waals surface area contributed by atoms with E-state index in [4.69, 9.17) is 11.5 Å². The van der Waals surface area contributed by atoms with Crippen molar-refractivity contribution in [2.24, 2.45) is 0 Å². The van der Waals surface area contributed by atoms with Gasteiger partial charge in [-0.1, -0.05) is 15.9 Å². The maximum atomic E-state index is 5.80. The van der Waals surface area contributed by atoms with Crippen LogP contribution in [0.15, 0.2) is 77.3 Å². The van der Waals surface area contributed by atoms with E-state index in [0.717, 1.165) is 32.9 Å². The molecule has 3 nitrogen and oxygen atoms in total. The van der Waals surface area contributed by atoms with Crippen molar-refractivity contribution in [1.29, 1.82) is 0 Å². The Morgan fingerprint density at radius 3 is 1.23 bits per heavy atom. The predicted octanol–water partition coefficient (Wildman–Crippen LogP) is 5.08. The van der Waals surface area contributed by atoms with E-state index in [1.54, 1.807) is 0 Å². The molecule has 0 bridgehead atoms. The molecule has 0 radical (unpaired) electrons. The van der Waals surface area contributed by atoms with Gasteiger partial charge in [0.1, 0.15) is 0 Å². The summed E-state index contributed by atoms with van der Waals surface area (Å²) in [5.74, 6) is 0. The van der Waals surface area contributed by atoms with Gasteiger partial charge in [0.05, 0.1) is 0 Å². The lowest BCUT2D eigenvalue weighted by Gasteiger charge is -2.25. The van der Waals surface area contributed by atoms with Gasteiger partial charge in [-0.25, -0.2) is 0 Å². The quantitative estimate of drug-likeness (QED) is 0.645. The molecule has 0 saturated heterocycles. The van der Waals surface area contributed by atoms with Crippen LogP contribution in [-0.2, 0) is 0 Å². The van der Waals surface area contributed by atoms with Gasteiger partial charge in [0.2, 0.25) is 0 Å². The second kappa shape index (κ2) is 6.12. The molecule has 0 saturated carbocycles. The van der Waals surface area contributed by atoms with Crippen molar-refractivity contribution in [2.45, 2.75) is 0 Å². The average molecular weight is 354 g/mol. The molecule has 22 heavy (non-hydrogen) atoms. The first-order valence-corrected chi connectivity index (χ1v) is 7.69. The molecule has 3 aromatic carbocycles. The molecular formula is C18H16BrN3. The second-order valence-corrected chi connectivity index (χ2v) is 5.91. The van der Waals surface area contributed by atoms with Crippen molar-refractivity contribution in [3.8, 4) is 0 Å². The van der Waals surface area contributed by atoms with Gasteiger partial charge in [-0.15, -0.1) is 0 Å². The first kappa shape index (κ1) is 14.5. The van der Waals surface area contributed by atoms with E-state index in [0.29, 0.717) is 0 Å². The highest BCUT2D eigenvalue weighted by molar-refractivity contribution is 9.10. The lowest BCUT2D eigenvalue weighted by molar-refractivity contribution is 1.28. The van der Waals surface area contributed by atoms with Crippen LogP contribution in [0.1, 0.15) is 0 Å². The Morgan fingerprint density at radius 2 is 0.864 bits per heavy atom. The van der Waals surface area contributed by atoms with Crippen LogP contribution in [0.3, 0.4) is 0 Å². The molecule has 3 rings (SSSR count). The average Bonchev–Trinajstić information content (AvgIpc) is 2.53. The van der Waals surface area contributed by atoms with Gasteiger partial charge >= 0.3 is 0 Å². The highest BCUT2D eigenvalue weighted by Gasteiger charge is 2.11. The SMILES string of the molecule is Nc1ccc(N(c2ccc(N)cc2)c2ccc(Br)cc2)cc1. The normalized spacial score (nSPS) is 10.4. The van der Waals surface area contributed by atoms with E-state index >= 15 is 0 Å². The summed E-state index contributed by atoms with van der Waals surface area (Å²) in [6.07, 6.45) is 0. The van der Waals surface area contributed by atoms with Crippen LogP contribution < -0.4 is 16.4 Å². The standard InChI is InChI=1S/C18H16BrN3/c19-13-1-7-16(8-2-13)22(17-9-3-14(20)4-10-17)18-11-5-15(21)6-12-18/h1-12H,20-21H2. The first-order chi connectivity index (χ1) is 10.6. The van der Waals surface area contributed by atoms with Crippen LogP contribution >= 0.6 is 15.9 Å². The molecule has 4 heteroatoms. The summed E-state index contributed by atoms with van der Waals surface area (Å²) in [5.41, 5.74) is 16.3. The van der Waals surface area contributed by atoms with Crippen LogP contribution in [-0.4, -0.2) is 0 Å². The maximum absolute atomic E-state index is 5.80. The topological polar surface area (TPSA) is 55.3 Å². The molecular weight excluding hydrogens is 338 g/mol. The van der Waals surface area contributed by atoms with Gasteiger partial charge in [-0.2, -0.15) is 0 Å². The number of hydrogen-bond acceptors (Lipinski definition) is 3. The molecule has 0 spiro atoms. The van der Waals surface area contributed by atoms with E-state index < -0.39 is 0 Å². The summed E-state index contributed by atoms with van der Waals surface area (Å²) in [5, 5.41) is 0. The number of anilines is 5. The fourth-order valence-electron chi connectivity index (χ4n) is 2.28. The van der Waals surface area contributed by atoms with Crippen LogP contribution in [0.4, 0.5) is 28.4 Å². The molecule has 0 unspecified atom stereocenters. The number of nitrogens with two attached hydrogens (primary N) is 2. The summed E-state index contributed by atoms with van der Waals surface area (Å²) >= 11 is 3.47. The zero-order chi connectivity index (χ0) is 15.5. The third-order valence-corrected chi connectivity index (χ3v) is 3.92. The van der Waals surface area contributed by atoms with E-state index in [2.05, 4.69) is 33.0 Å². The highest BCUT2D eigenvalue weighted by atomic mass is 79.9. The number of hydrogen-bond donors (Lipinski definition) is 2. The van der Waals surface area contributed by atoms with Gasteiger partial charge in [-0.3, -0.25) is 0 Å². The van der Waals surface area contributed by atoms with Crippen LogP contribution in [0.5, 0.6) is 0 Å². The van der Waals surface area contributed by atoms with Crippen molar-refractivity contribution >= 4 is 44.4 Å². The van der Waals surface area contributed by atoms with E-state index in [9.17, 15) is 0 Å². The monoisotopic (exact) mass is 353 g/mol. The van der Waals surface area contributed by atoms with Gasteiger partial charge in [-0.05, 0) is 72.8 Å². The Labute approximate surface area is 138 Å². The Hall–Kier alpha value is -2.46. The largest absolute Gasteiger partial charge is 0.399 e. The summed E-state index contributed by atoms with van der Waals surface area (Å²) in [6.45, 7) is 0. The summed E-state index contributed by atoms with van der Waals surface area (Å²) in [7, 11) is 0. The van der Waals surface area contributed by atoms with Crippen molar-refractivity contribution in [1.82, 2.24) is 0 Å². The number of rotatable bonds is 3. The third-order valence-electron chi connectivity index (χ3n) is 3.39. The maximum Gasteiger partial charge on any atom is 0.0463 e. The summed E-state index contributed by atoms with van der Waals surface area (Å²) in [4.78, 5) is 2.16. The van der Waals surface area contributed by atoms with Crippen molar-refractivity contribution < 1.29 is 0 Å². The van der Waals surface area contributed by atoms with Gasteiger partial charge in [0.25, 0.3) is 0 Å². The molecule has 3 aromatic rings. The lowest BCUT2D eigenvalue weighted by Crippen LogP contribution is -2.09. The number of benzene rings is 3. The smallest absolute Gasteiger partial charge is 0.0463 e. The first-order valence-electron chi connectivity index (χ1n) is 6.90. The number of nitrogen functional groups attached to an aromatic ring is 2. The molecule has 4 N–H and O–H groups in total. The molecule has 110 valence electrons. The summed E-state index contributed by atoms with van der Waals surface area (Å²) in [6, 6.07) is 23.8. The minimum Gasteiger partial charge on any atom is -0.399 e. The fraction of sp³-hybridized carbons (Fsp3) is 0. The minimum absolute atomic E-state index is 0.747. The third kappa shape index (κ3) is 3.07. The van der Waals surface area contributed by atoms with Crippen molar-refractivity contribution in [3.05, 3.63) is 77.3 Å². The molecule has 0 fully saturated rings. The highest BCUT2D eigenvalue weighted by Crippen LogP contribution is 2.35. The van der Waals surface area contributed by atoms with Crippen molar-refractivity contribution in [2.75, 3.05) is 16.4 Å². The molecule has 0 aliphatic heterocycles. The van der Waals surface area contributed by atoms with E-state index in [-0.39, 0.29) is 0 Å². The number of halogens is 1. The zero-order valence-electron chi connectivity index (χ0n) is 11.9. The van der Waals surface area contributed by atoms with Crippen LogP contribution in [0, 0.1) is 0 Å². The van der Waals surface area contributed by atoms with Crippen LogP contribution in [0.25, 0.3) is 0 Å². The van der Waals surface area contributed by atoms with E-state index in [1.807, 2.05) is 60.7 Å². The van der Waals surface area contributed by atoms with Gasteiger partial charge < -0.3 is 16.4 Å². The number of nitrogens with zero attached hydrogens (tertiary/aromatic N) is 1. The Bertz CT molecular complexity index is 642. The zero-order valence-corrected chi connectivity index (χ0v) is 13.5. The molecule has 0 aliphatic rings. The molecule has 0 heterocycles.